The number of hydrogen-bond donors (Lipinski definition) is 2. The average molecular weight is 235 g/mol. The van der Waals surface area contributed by atoms with Crippen LogP contribution in [-0.2, 0) is 0 Å². The van der Waals surface area contributed by atoms with Crippen molar-refractivity contribution >= 4 is 17.5 Å². The van der Waals surface area contributed by atoms with E-state index in [1.807, 2.05) is 0 Å². The van der Waals surface area contributed by atoms with Crippen molar-refractivity contribution in [2.45, 2.75) is 0 Å². The molecule has 17 heavy (non-hydrogen) atoms. The molecule has 0 fully saturated rings. The zero-order valence-electron chi connectivity index (χ0n) is 10.5. The minimum Gasteiger partial charge on any atom is -0.387 e. The fourth-order valence-corrected chi connectivity index (χ4v) is 1.47. The summed E-state index contributed by atoms with van der Waals surface area (Å²) in [5.41, 5.74) is 1.66. The lowest BCUT2D eigenvalue weighted by Crippen LogP contribution is -2.24. The molecule has 0 aliphatic heterocycles. The van der Waals surface area contributed by atoms with Crippen molar-refractivity contribution < 1.29 is 9.59 Å². The van der Waals surface area contributed by atoms with Gasteiger partial charge in [-0.3, -0.25) is 9.59 Å². The van der Waals surface area contributed by atoms with Crippen molar-refractivity contribution in [2.24, 2.45) is 0 Å². The topological polar surface area (TPSA) is 61.4 Å². The van der Waals surface area contributed by atoms with Crippen molar-refractivity contribution in [3.63, 3.8) is 0 Å². The fraction of sp³-hybridized carbons (Fsp3) is 0.333. The van der Waals surface area contributed by atoms with Crippen molar-refractivity contribution in [3.8, 4) is 0 Å². The highest BCUT2D eigenvalue weighted by molar-refractivity contribution is 6.03. The van der Waals surface area contributed by atoms with E-state index < -0.39 is 0 Å². The molecule has 0 saturated carbocycles. The van der Waals surface area contributed by atoms with E-state index in [4.69, 9.17) is 0 Å². The molecule has 1 rings (SSSR count). The molecule has 0 heterocycles. The van der Waals surface area contributed by atoms with Gasteiger partial charge in [0.05, 0.1) is 5.56 Å². The monoisotopic (exact) mass is 235 g/mol. The maximum Gasteiger partial charge on any atom is 0.255 e. The van der Waals surface area contributed by atoms with Gasteiger partial charge in [-0.15, -0.1) is 0 Å². The Morgan fingerprint density at radius 2 is 1.82 bits per heavy atom. The summed E-state index contributed by atoms with van der Waals surface area (Å²) in [6, 6.07) is 4.99. The number of nitrogens with one attached hydrogen (secondary N) is 2. The third-order valence-corrected chi connectivity index (χ3v) is 2.41. The minimum absolute atomic E-state index is 0.139. The number of benzene rings is 1. The highest BCUT2D eigenvalue weighted by Crippen LogP contribution is 2.18. The zero-order valence-corrected chi connectivity index (χ0v) is 10.5. The first kappa shape index (κ1) is 13.0. The van der Waals surface area contributed by atoms with Crippen molar-refractivity contribution in [2.75, 3.05) is 33.5 Å². The molecule has 1 aromatic carbocycles. The summed E-state index contributed by atoms with van der Waals surface area (Å²) >= 11 is 0. The Hall–Kier alpha value is -2.04. The van der Waals surface area contributed by atoms with Crippen molar-refractivity contribution in [1.82, 2.24) is 10.2 Å². The summed E-state index contributed by atoms with van der Waals surface area (Å²) in [5.74, 6) is -0.347. The number of carbonyl (C=O) groups is 2. The molecule has 0 spiro atoms. The van der Waals surface area contributed by atoms with Gasteiger partial charge in [-0.25, -0.2) is 0 Å². The Morgan fingerprint density at radius 1 is 1.18 bits per heavy atom. The second-order valence-electron chi connectivity index (χ2n) is 3.79. The molecule has 2 N–H and O–H groups in total. The van der Waals surface area contributed by atoms with Gasteiger partial charge in [-0.2, -0.15) is 0 Å². The number of nitrogens with zero attached hydrogens (tertiary/aromatic N) is 1. The molecule has 92 valence electrons. The van der Waals surface area contributed by atoms with Crippen LogP contribution in [0.4, 0.5) is 5.69 Å². The van der Waals surface area contributed by atoms with Gasteiger partial charge in [-0.05, 0) is 18.2 Å². The van der Waals surface area contributed by atoms with Gasteiger partial charge in [0.2, 0.25) is 0 Å². The third kappa shape index (κ3) is 2.75. The molecule has 0 saturated heterocycles. The van der Waals surface area contributed by atoms with E-state index in [2.05, 4.69) is 10.6 Å². The number of anilines is 1. The summed E-state index contributed by atoms with van der Waals surface area (Å²) in [4.78, 5) is 24.9. The predicted octanol–water partition coefficient (Wildman–Crippen LogP) is 0.790. The predicted molar refractivity (Wildman–Crippen MR) is 67.4 cm³/mol. The maximum atomic E-state index is 11.9. The Bertz CT molecular complexity index is 441. The van der Waals surface area contributed by atoms with E-state index in [0.717, 1.165) is 0 Å². The summed E-state index contributed by atoms with van der Waals surface area (Å²) in [5, 5.41) is 5.47. The smallest absolute Gasteiger partial charge is 0.255 e. The van der Waals surface area contributed by atoms with Gasteiger partial charge in [0.1, 0.15) is 0 Å². The minimum atomic E-state index is -0.208. The Morgan fingerprint density at radius 3 is 2.29 bits per heavy atom. The highest BCUT2D eigenvalue weighted by atomic mass is 16.2. The van der Waals surface area contributed by atoms with Crippen LogP contribution in [0.2, 0.25) is 0 Å². The van der Waals surface area contributed by atoms with Gasteiger partial charge < -0.3 is 15.5 Å². The van der Waals surface area contributed by atoms with E-state index in [1.54, 1.807) is 46.4 Å². The number of hydrogen-bond acceptors (Lipinski definition) is 3. The molecule has 0 bridgehead atoms. The number of amides is 2. The van der Waals surface area contributed by atoms with Crippen LogP contribution >= 0.6 is 0 Å². The van der Waals surface area contributed by atoms with Crippen LogP contribution in [0.15, 0.2) is 18.2 Å². The van der Waals surface area contributed by atoms with Crippen LogP contribution in [-0.4, -0.2) is 44.9 Å². The standard InChI is InChI=1S/C12H17N3O2/c1-13-10-6-5-8(11(16)14-2)7-9(10)12(17)15(3)4/h5-7,13H,1-4H3,(H,14,16). The number of carbonyl (C=O) groups excluding carboxylic acids is 2. The van der Waals surface area contributed by atoms with E-state index in [9.17, 15) is 9.59 Å². The lowest BCUT2D eigenvalue weighted by atomic mass is 10.1. The molecule has 1 aromatic rings. The normalized spacial score (nSPS) is 9.65. The summed E-state index contributed by atoms with van der Waals surface area (Å²) in [7, 11) is 6.64. The van der Waals surface area contributed by atoms with E-state index >= 15 is 0 Å². The Kier molecular flexibility index (Phi) is 4.09. The summed E-state index contributed by atoms with van der Waals surface area (Å²) in [6.45, 7) is 0. The van der Waals surface area contributed by atoms with Gasteiger partial charge in [0.15, 0.2) is 0 Å². The molecule has 0 unspecified atom stereocenters. The first-order valence-corrected chi connectivity index (χ1v) is 5.26. The van der Waals surface area contributed by atoms with E-state index in [0.29, 0.717) is 16.8 Å². The van der Waals surface area contributed by atoms with Crippen LogP contribution < -0.4 is 10.6 Å². The lowest BCUT2D eigenvalue weighted by Gasteiger charge is -2.14. The molecular weight excluding hydrogens is 218 g/mol. The third-order valence-electron chi connectivity index (χ3n) is 2.41. The fourth-order valence-electron chi connectivity index (χ4n) is 1.47. The zero-order chi connectivity index (χ0) is 13.0. The first-order valence-electron chi connectivity index (χ1n) is 5.26. The molecule has 0 aliphatic rings. The van der Waals surface area contributed by atoms with E-state index in [-0.39, 0.29) is 11.8 Å². The van der Waals surface area contributed by atoms with Crippen LogP contribution in [0.5, 0.6) is 0 Å². The second-order valence-corrected chi connectivity index (χ2v) is 3.79. The molecule has 0 aliphatic carbocycles. The molecule has 2 amide bonds. The number of rotatable bonds is 3. The Labute approximate surface area is 101 Å². The van der Waals surface area contributed by atoms with Crippen molar-refractivity contribution in [3.05, 3.63) is 29.3 Å². The average Bonchev–Trinajstić information content (AvgIpc) is 2.35. The van der Waals surface area contributed by atoms with Gasteiger partial charge >= 0.3 is 0 Å². The first-order chi connectivity index (χ1) is 8.01. The quantitative estimate of drug-likeness (QED) is 0.814. The van der Waals surface area contributed by atoms with Gasteiger partial charge in [0, 0.05) is 39.4 Å². The van der Waals surface area contributed by atoms with Crippen LogP contribution in [0, 0.1) is 0 Å². The van der Waals surface area contributed by atoms with E-state index in [1.165, 1.54) is 4.90 Å². The molecular formula is C12H17N3O2. The molecule has 0 aromatic heterocycles. The Balaban J connectivity index is 3.24. The summed E-state index contributed by atoms with van der Waals surface area (Å²) < 4.78 is 0. The second kappa shape index (κ2) is 5.34. The van der Waals surface area contributed by atoms with Gasteiger partial charge in [-0.1, -0.05) is 0 Å². The maximum absolute atomic E-state index is 11.9. The molecule has 5 heteroatoms. The van der Waals surface area contributed by atoms with Crippen molar-refractivity contribution in [1.29, 1.82) is 0 Å². The largest absolute Gasteiger partial charge is 0.387 e. The molecule has 0 radical (unpaired) electrons. The van der Waals surface area contributed by atoms with Crippen LogP contribution in [0.3, 0.4) is 0 Å². The van der Waals surface area contributed by atoms with Crippen LogP contribution in [0.1, 0.15) is 20.7 Å². The van der Waals surface area contributed by atoms with Crippen LogP contribution in [0.25, 0.3) is 0 Å². The molecule has 0 atom stereocenters. The highest BCUT2D eigenvalue weighted by Gasteiger charge is 2.15. The lowest BCUT2D eigenvalue weighted by molar-refractivity contribution is 0.0828. The summed E-state index contributed by atoms with van der Waals surface area (Å²) in [6.07, 6.45) is 0. The van der Waals surface area contributed by atoms with Gasteiger partial charge in [0.25, 0.3) is 11.8 Å². The SMILES string of the molecule is CNC(=O)c1ccc(NC)c(C(=O)N(C)C)c1. The molecule has 5 nitrogen and oxygen atoms in total.